The summed E-state index contributed by atoms with van der Waals surface area (Å²) in [7, 11) is 1.68. The molecule has 7 heteroatoms. The fraction of sp³-hybridized carbons (Fsp3) is 0.273. The summed E-state index contributed by atoms with van der Waals surface area (Å²) in [6.45, 7) is 0.632. The summed E-state index contributed by atoms with van der Waals surface area (Å²) in [6, 6.07) is 13.8. The standard InChI is InChI=1S/C22H23N3O3S/c1-27-20-6-3-2-5-19(20)25-12-11-23-22(25)29-14-4-13-28-17-8-9-18-16(15-17)7-10-21(26)24-18/h2-3,5-6,8-9,11-12,15H,4,7,10,13-14H2,1H3,(H,24,26). The summed E-state index contributed by atoms with van der Waals surface area (Å²) >= 11 is 1.69. The number of aromatic nitrogens is 2. The lowest BCUT2D eigenvalue weighted by Crippen LogP contribution is -2.18. The quantitative estimate of drug-likeness (QED) is 0.443. The lowest BCUT2D eigenvalue weighted by atomic mass is 10.0. The fourth-order valence-electron chi connectivity index (χ4n) is 3.27. The molecule has 3 aromatic rings. The van der Waals surface area contributed by atoms with Crippen LogP contribution in [0.2, 0.25) is 0 Å². The van der Waals surface area contributed by atoms with Crippen molar-refractivity contribution in [2.24, 2.45) is 0 Å². The van der Waals surface area contributed by atoms with E-state index < -0.39 is 0 Å². The third-order valence-electron chi connectivity index (χ3n) is 4.71. The van der Waals surface area contributed by atoms with Crippen LogP contribution in [0.15, 0.2) is 60.0 Å². The number of imidazole rings is 1. The van der Waals surface area contributed by atoms with Crippen molar-refractivity contribution in [2.45, 2.75) is 24.4 Å². The van der Waals surface area contributed by atoms with E-state index in [4.69, 9.17) is 9.47 Å². The van der Waals surface area contributed by atoms with Crippen molar-refractivity contribution in [1.82, 2.24) is 9.55 Å². The van der Waals surface area contributed by atoms with E-state index in [1.165, 1.54) is 0 Å². The molecule has 4 rings (SSSR count). The van der Waals surface area contributed by atoms with Gasteiger partial charge < -0.3 is 14.8 Å². The normalized spacial score (nSPS) is 12.9. The number of anilines is 1. The van der Waals surface area contributed by atoms with Crippen LogP contribution in [-0.4, -0.2) is 34.9 Å². The number of rotatable bonds is 8. The molecule has 150 valence electrons. The van der Waals surface area contributed by atoms with Gasteiger partial charge in [-0.2, -0.15) is 0 Å². The zero-order chi connectivity index (χ0) is 20.1. The molecular weight excluding hydrogens is 386 g/mol. The van der Waals surface area contributed by atoms with E-state index in [9.17, 15) is 4.79 Å². The van der Waals surface area contributed by atoms with Crippen LogP contribution in [0, 0.1) is 0 Å². The van der Waals surface area contributed by atoms with Crippen LogP contribution in [0.25, 0.3) is 5.69 Å². The smallest absolute Gasteiger partial charge is 0.224 e. The minimum atomic E-state index is 0.0784. The van der Waals surface area contributed by atoms with Gasteiger partial charge >= 0.3 is 0 Å². The second-order valence-corrected chi connectivity index (χ2v) is 7.73. The van der Waals surface area contributed by atoms with Crippen molar-refractivity contribution in [2.75, 3.05) is 24.8 Å². The van der Waals surface area contributed by atoms with Crippen molar-refractivity contribution in [3.05, 3.63) is 60.4 Å². The number of carbonyl (C=O) groups is 1. The van der Waals surface area contributed by atoms with E-state index in [0.29, 0.717) is 13.0 Å². The maximum Gasteiger partial charge on any atom is 0.224 e. The third kappa shape index (κ3) is 4.56. The Bertz CT molecular complexity index is 1000. The summed E-state index contributed by atoms with van der Waals surface area (Å²) in [5, 5.41) is 3.82. The van der Waals surface area contributed by atoms with Gasteiger partial charge in [-0.05, 0) is 48.7 Å². The Morgan fingerprint density at radius 1 is 1.21 bits per heavy atom. The van der Waals surface area contributed by atoms with Crippen LogP contribution < -0.4 is 14.8 Å². The average Bonchev–Trinajstić information content (AvgIpc) is 3.21. The predicted octanol–water partition coefficient (Wildman–Crippen LogP) is 4.33. The second kappa shape index (κ2) is 9.05. The molecule has 0 saturated carbocycles. The molecular formula is C22H23N3O3S. The van der Waals surface area contributed by atoms with Crippen LogP contribution in [0.3, 0.4) is 0 Å². The Morgan fingerprint density at radius 3 is 3.00 bits per heavy atom. The monoisotopic (exact) mass is 409 g/mol. The number of ether oxygens (including phenoxy) is 2. The summed E-state index contributed by atoms with van der Waals surface area (Å²) in [6.07, 6.45) is 5.95. The van der Waals surface area contributed by atoms with Crippen LogP contribution >= 0.6 is 11.8 Å². The highest BCUT2D eigenvalue weighted by atomic mass is 32.2. The fourth-order valence-corrected chi connectivity index (χ4v) is 4.15. The molecule has 0 saturated heterocycles. The van der Waals surface area contributed by atoms with Gasteiger partial charge in [0.05, 0.1) is 19.4 Å². The van der Waals surface area contributed by atoms with Gasteiger partial charge in [-0.3, -0.25) is 9.36 Å². The molecule has 6 nitrogen and oxygen atoms in total. The van der Waals surface area contributed by atoms with Crippen molar-refractivity contribution in [3.8, 4) is 17.2 Å². The molecule has 0 aliphatic carbocycles. The molecule has 2 aromatic carbocycles. The number of hydrogen-bond acceptors (Lipinski definition) is 5. The molecule has 1 N–H and O–H groups in total. The first-order chi connectivity index (χ1) is 14.2. The zero-order valence-electron chi connectivity index (χ0n) is 16.3. The molecule has 1 aliphatic heterocycles. The number of para-hydroxylation sites is 2. The minimum Gasteiger partial charge on any atom is -0.495 e. The Labute approximate surface area is 174 Å². The van der Waals surface area contributed by atoms with Gasteiger partial charge in [0.15, 0.2) is 5.16 Å². The Hall–Kier alpha value is -2.93. The van der Waals surface area contributed by atoms with Gasteiger partial charge in [0, 0.05) is 30.3 Å². The number of thioether (sulfide) groups is 1. The van der Waals surface area contributed by atoms with Gasteiger partial charge in [0.2, 0.25) is 5.91 Å². The van der Waals surface area contributed by atoms with Gasteiger partial charge in [0.25, 0.3) is 0 Å². The molecule has 1 aromatic heterocycles. The number of fused-ring (bicyclic) bond motifs is 1. The van der Waals surface area contributed by atoms with Gasteiger partial charge in [0.1, 0.15) is 11.5 Å². The number of nitrogens with one attached hydrogen (secondary N) is 1. The maximum absolute atomic E-state index is 11.4. The molecule has 0 fully saturated rings. The highest BCUT2D eigenvalue weighted by Gasteiger charge is 2.15. The number of benzene rings is 2. The third-order valence-corrected chi connectivity index (χ3v) is 5.77. The van der Waals surface area contributed by atoms with Crippen molar-refractivity contribution < 1.29 is 14.3 Å². The van der Waals surface area contributed by atoms with Crippen molar-refractivity contribution in [3.63, 3.8) is 0 Å². The van der Waals surface area contributed by atoms with E-state index in [1.807, 2.05) is 53.2 Å². The first kappa shape index (κ1) is 19.4. The molecule has 0 bridgehead atoms. The van der Waals surface area contributed by atoms with Crippen LogP contribution in [0.5, 0.6) is 11.5 Å². The lowest BCUT2D eigenvalue weighted by molar-refractivity contribution is -0.116. The SMILES string of the molecule is COc1ccccc1-n1ccnc1SCCCOc1ccc2c(c1)CCC(=O)N2. The first-order valence-corrected chi connectivity index (χ1v) is 10.6. The van der Waals surface area contributed by atoms with Crippen molar-refractivity contribution >= 4 is 23.4 Å². The Balaban J connectivity index is 1.29. The molecule has 1 aliphatic rings. The zero-order valence-corrected chi connectivity index (χ0v) is 17.1. The minimum absolute atomic E-state index is 0.0784. The van der Waals surface area contributed by atoms with E-state index in [-0.39, 0.29) is 5.91 Å². The van der Waals surface area contributed by atoms with Gasteiger partial charge in [-0.25, -0.2) is 4.98 Å². The molecule has 29 heavy (non-hydrogen) atoms. The summed E-state index contributed by atoms with van der Waals surface area (Å²) in [5.41, 5.74) is 3.01. The highest BCUT2D eigenvalue weighted by molar-refractivity contribution is 7.99. The molecule has 1 amide bonds. The molecule has 2 heterocycles. The van der Waals surface area contributed by atoms with E-state index in [1.54, 1.807) is 25.1 Å². The number of aryl methyl sites for hydroxylation is 1. The maximum atomic E-state index is 11.4. The molecule has 0 atom stereocenters. The van der Waals surface area contributed by atoms with Crippen molar-refractivity contribution in [1.29, 1.82) is 0 Å². The summed E-state index contributed by atoms with van der Waals surface area (Å²) < 4.78 is 13.4. The largest absolute Gasteiger partial charge is 0.495 e. The van der Waals surface area contributed by atoms with E-state index in [2.05, 4.69) is 10.3 Å². The summed E-state index contributed by atoms with van der Waals surface area (Å²) in [4.78, 5) is 15.9. The topological polar surface area (TPSA) is 65.4 Å². The first-order valence-electron chi connectivity index (χ1n) is 9.60. The average molecular weight is 410 g/mol. The van der Waals surface area contributed by atoms with Gasteiger partial charge in [-0.1, -0.05) is 23.9 Å². The molecule has 0 unspecified atom stereocenters. The summed E-state index contributed by atoms with van der Waals surface area (Å²) in [5.74, 6) is 2.64. The lowest BCUT2D eigenvalue weighted by Gasteiger charge is -2.17. The Morgan fingerprint density at radius 2 is 2.10 bits per heavy atom. The second-order valence-electron chi connectivity index (χ2n) is 6.67. The highest BCUT2D eigenvalue weighted by Crippen LogP contribution is 2.28. The van der Waals surface area contributed by atoms with Crippen LogP contribution in [-0.2, 0) is 11.2 Å². The number of methoxy groups -OCH3 is 1. The Kier molecular flexibility index (Phi) is 6.05. The predicted molar refractivity (Wildman–Crippen MR) is 114 cm³/mol. The number of carbonyl (C=O) groups excluding carboxylic acids is 1. The molecule has 0 radical (unpaired) electrons. The molecule has 0 spiro atoms. The number of nitrogens with zero attached hydrogens (tertiary/aromatic N) is 2. The van der Waals surface area contributed by atoms with Crippen LogP contribution in [0.4, 0.5) is 5.69 Å². The van der Waals surface area contributed by atoms with Gasteiger partial charge in [-0.15, -0.1) is 0 Å². The number of amides is 1. The number of hydrogen-bond donors (Lipinski definition) is 1. The van der Waals surface area contributed by atoms with E-state index >= 15 is 0 Å². The van der Waals surface area contributed by atoms with E-state index in [0.717, 1.165) is 52.2 Å². The van der Waals surface area contributed by atoms with Crippen LogP contribution in [0.1, 0.15) is 18.4 Å².